The summed E-state index contributed by atoms with van der Waals surface area (Å²) in [5.74, 6) is 0. The van der Waals surface area contributed by atoms with Crippen molar-refractivity contribution in [3.63, 3.8) is 0 Å². The SMILES string of the molecule is CCO[Si](C)(CC[N+](c1ccccc1)(c1ccccc1)c1ccccc1)OCC. The van der Waals surface area contributed by atoms with E-state index in [1.165, 1.54) is 17.1 Å². The first-order valence-corrected chi connectivity index (χ1v) is 13.0. The maximum absolute atomic E-state index is 6.18. The topological polar surface area (TPSA) is 18.5 Å². The fourth-order valence-electron chi connectivity index (χ4n) is 4.05. The first-order valence-electron chi connectivity index (χ1n) is 10.5. The van der Waals surface area contributed by atoms with Gasteiger partial charge in [0.1, 0.15) is 17.1 Å². The van der Waals surface area contributed by atoms with E-state index in [2.05, 4.69) is 111 Å². The quantitative estimate of drug-likeness (QED) is 0.272. The number of rotatable bonds is 10. The highest BCUT2D eigenvalue weighted by molar-refractivity contribution is 6.66. The maximum atomic E-state index is 6.18. The molecule has 0 radical (unpaired) electrons. The molecule has 0 aromatic heterocycles. The highest BCUT2D eigenvalue weighted by atomic mass is 28.4. The molecule has 0 amide bonds. The van der Waals surface area contributed by atoms with E-state index in [1.54, 1.807) is 0 Å². The van der Waals surface area contributed by atoms with Crippen LogP contribution in [0.3, 0.4) is 0 Å². The van der Waals surface area contributed by atoms with Crippen molar-refractivity contribution in [3.05, 3.63) is 91.0 Å². The van der Waals surface area contributed by atoms with Crippen LogP contribution < -0.4 is 4.48 Å². The van der Waals surface area contributed by atoms with Crippen molar-refractivity contribution < 1.29 is 8.85 Å². The number of hydrogen-bond donors (Lipinski definition) is 0. The van der Waals surface area contributed by atoms with Gasteiger partial charge in [-0.1, -0.05) is 54.6 Å². The lowest BCUT2D eigenvalue weighted by atomic mass is 10.1. The summed E-state index contributed by atoms with van der Waals surface area (Å²) >= 11 is 0. The molecule has 0 unspecified atom stereocenters. The van der Waals surface area contributed by atoms with Gasteiger partial charge in [0.15, 0.2) is 0 Å². The van der Waals surface area contributed by atoms with E-state index < -0.39 is 8.56 Å². The minimum atomic E-state index is -2.27. The summed E-state index contributed by atoms with van der Waals surface area (Å²) in [7, 11) is -2.27. The van der Waals surface area contributed by atoms with Gasteiger partial charge in [-0.25, -0.2) is 4.48 Å². The van der Waals surface area contributed by atoms with Crippen molar-refractivity contribution in [2.45, 2.75) is 26.4 Å². The molecule has 0 N–H and O–H groups in total. The second kappa shape index (κ2) is 9.99. The number of quaternary nitrogens is 1. The van der Waals surface area contributed by atoms with Crippen LogP contribution in [0, 0.1) is 0 Å². The molecular formula is C25H32NO2Si+. The smallest absolute Gasteiger partial charge is 0.340 e. The van der Waals surface area contributed by atoms with Crippen LogP contribution in [0.2, 0.25) is 12.6 Å². The third-order valence-electron chi connectivity index (χ3n) is 5.39. The number of benzene rings is 3. The molecule has 3 rings (SSSR count). The number of para-hydroxylation sites is 3. The van der Waals surface area contributed by atoms with Crippen molar-refractivity contribution in [2.75, 3.05) is 19.8 Å². The van der Waals surface area contributed by atoms with Crippen molar-refractivity contribution in [1.82, 2.24) is 4.48 Å². The molecular weight excluding hydrogens is 374 g/mol. The van der Waals surface area contributed by atoms with Gasteiger partial charge in [0, 0.05) is 19.3 Å². The van der Waals surface area contributed by atoms with Gasteiger partial charge < -0.3 is 8.85 Å². The summed E-state index contributed by atoms with van der Waals surface area (Å²) < 4.78 is 13.0. The maximum Gasteiger partial charge on any atom is 0.340 e. The Morgan fingerprint density at radius 3 is 1.28 bits per heavy atom. The lowest BCUT2D eigenvalue weighted by molar-refractivity contribution is 0.187. The van der Waals surface area contributed by atoms with Gasteiger partial charge in [-0.3, -0.25) is 0 Å². The van der Waals surface area contributed by atoms with Crippen molar-refractivity contribution in [2.24, 2.45) is 0 Å². The predicted molar refractivity (Wildman–Crippen MR) is 125 cm³/mol. The lowest BCUT2D eigenvalue weighted by Gasteiger charge is -2.39. The molecule has 0 atom stereocenters. The minimum absolute atomic E-state index is 0.644. The molecule has 0 bridgehead atoms. The van der Waals surface area contributed by atoms with Crippen molar-refractivity contribution in [3.8, 4) is 0 Å². The molecule has 3 aromatic carbocycles. The van der Waals surface area contributed by atoms with Crippen LogP contribution in [0.4, 0.5) is 17.1 Å². The van der Waals surface area contributed by atoms with E-state index in [-0.39, 0.29) is 0 Å². The third-order valence-corrected chi connectivity index (χ3v) is 8.32. The molecule has 29 heavy (non-hydrogen) atoms. The zero-order valence-corrected chi connectivity index (χ0v) is 18.8. The van der Waals surface area contributed by atoms with Crippen LogP contribution in [0.15, 0.2) is 91.0 Å². The van der Waals surface area contributed by atoms with Crippen LogP contribution in [0.5, 0.6) is 0 Å². The summed E-state index contributed by atoms with van der Waals surface area (Å²) in [4.78, 5) is 0. The molecule has 0 fully saturated rings. The highest BCUT2D eigenvalue weighted by Gasteiger charge is 2.41. The minimum Gasteiger partial charge on any atom is -0.395 e. The van der Waals surface area contributed by atoms with Crippen LogP contribution in [-0.2, 0) is 8.85 Å². The third kappa shape index (κ3) is 4.85. The van der Waals surface area contributed by atoms with Crippen LogP contribution in [0.1, 0.15) is 13.8 Å². The lowest BCUT2D eigenvalue weighted by Crippen LogP contribution is -2.47. The molecule has 0 heterocycles. The normalized spacial score (nSPS) is 12.1. The van der Waals surface area contributed by atoms with E-state index in [0.29, 0.717) is 17.7 Å². The van der Waals surface area contributed by atoms with E-state index in [0.717, 1.165) is 12.6 Å². The molecule has 0 saturated heterocycles. The van der Waals surface area contributed by atoms with Crippen LogP contribution >= 0.6 is 0 Å². The van der Waals surface area contributed by atoms with Gasteiger partial charge in [0.2, 0.25) is 0 Å². The van der Waals surface area contributed by atoms with Gasteiger partial charge in [-0.2, -0.15) is 0 Å². The largest absolute Gasteiger partial charge is 0.395 e. The second-order valence-electron chi connectivity index (χ2n) is 7.29. The Kier molecular flexibility index (Phi) is 7.39. The Labute approximate surface area is 176 Å². The van der Waals surface area contributed by atoms with Crippen LogP contribution in [0.25, 0.3) is 0 Å². The standard InChI is InChI=1S/C25H32NO2Si/c1-4-27-29(3,28-5-2)22-21-26(23-15-9-6-10-16-23,24-17-11-7-12-18-24)25-19-13-8-14-20-25/h6-20H,4-5,21-22H2,1-3H3/q+1. The van der Waals surface area contributed by atoms with Crippen molar-refractivity contribution in [1.29, 1.82) is 0 Å². The number of nitrogens with zero attached hydrogens (tertiary/aromatic N) is 1. The Hall–Kier alpha value is -2.24. The first-order chi connectivity index (χ1) is 14.1. The Balaban J connectivity index is 2.15. The fraction of sp³-hybridized carbons (Fsp3) is 0.280. The van der Waals surface area contributed by atoms with E-state index >= 15 is 0 Å². The molecule has 152 valence electrons. The molecule has 0 spiro atoms. The van der Waals surface area contributed by atoms with E-state index in [4.69, 9.17) is 8.85 Å². The molecule has 4 heteroatoms. The van der Waals surface area contributed by atoms with Gasteiger partial charge in [0.05, 0.1) is 6.54 Å². The highest BCUT2D eigenvalue weighted by Crippen LogP contribution is 2.44. The average molecular weight is 407 g/mol. The Morgan fingerprint density at radius 1 is 0.621 bits per heavy atom. The molecule has 0 aliphatic carbocycles. The summed E-state index contributed by atoms with van der Waals surface area (Å²) in [5.41, 5.74) is 3.73. The Morgan fingerprint density at radius 2 is 0.966 bits per heavy atom. The zero-order valence-electron chi connectivity index (χ0n) is 17.8. The van der Waals surface area contributed by atoms with Crippen molar-refractivity contribution >= 4 is 25.6 Å². The Bertz CT molecular complexity index is 753. The molecule has 0 saturated carbocycles. The molecule has 0 aliphatic heterocycles. The van der Waals surface area contributed by atoms with E-state index in [9.17, 15) is 0 Å². The van der Waals surface area contributed by atoms with Gasteiger partial charge in [-0.15, -0.1) is 0 Å². The summed E-state index contributed by atoms with van der Waals surface area (Å²) in [6.07, 6.45) is 0. The number of hydrogen-bond acceptors (Lipinski definition) is 2. The predicted octanol–water partition coefficient (Wildman–Crippen LogP) is 6.80. The molecule has 0 aliphatic rings. The first kappa shape index (κ1) is 21.5. The van der Waals surface area contributed by atoms with Gasteiger partial charge >= 0.3 is 8.56 Å². The summed E-state index contributed by atoms with van der Waals surface area (Å²) in [6.45, 7) is 8.54. The summed E-state index contributed by atoms with van der Waals surface area (Å²) in [6, 6.07) is 33.2. The van der Waals surface area contributed by atoms with Gasteiger partial charge in [0.25, 0.3) is 0 Å². The molecule has 3 aromatic rings. The summed E-state index contributed by atoms with van der Waals surface area (Å²) in [5, 5.41) is 0. The zero-order chi connectivity index (χ0) is 20.6. The van der Waals surface area contributed by atoms with Crippen LogP contribution in [-0.4, -0.2) is 28.3 Å². The van der Waals surface area contributed by atoms with Gasteiger partial charge in [-0.05, 0) is 56.8 Å². The molecule has 3 nitrogen and oxygen atoms in total. The van der Waals surface area contributed by atoms with E-state index in [1.807, 2.05) is 0 Å². The second-order valence-corrected chi connectivity index (χ2v) is 10.6. The monoisotopic (exact) mass is 406 g/mol. The fourth-order valence-corrected chi connectivity index (χ4v) is 6.38. The average Bonchev–Trinajstić information content (AvgIpc) is 2.77.